The molecule has 0 saturated carbocycles. The molecule has 2 rings (SSSR count). The number of halogens is 1. The largest absolute Gasteiger partial charge is 0.478 e. The first-order valence-corrected chi connectivity index (χ1v) is 6.44. The average Bonchev–Trinajstić information content (AvgIpc) is 2.38. The van der Waals surface area contributed by atoms with E-state index < -0.39 is 5.97 Å². The monoisotopic (exact) mass is 280 g/mol. The van der Waals surface area contributed by atoms with E-state index in [4.69, 9.17) is 16.7 Å². The molecule has 4 nitrogen and oxygen atoms in total. The molecule has 2 heterocycles. The minimum Gasteiger partial charge on any atom is -0.478 e. The molecule has 0 radical (unpaired) electrons. The van der Waals surface area contributed by atoms with Gasteiger partial charge in [0.05, 0.1) is 10.6 Å². The molecule has 0 fully saturated rings. The molecule has 0 aliphatic carbocycles. The van der Waals surface area contributed by atoms with Crippen molar-refractivity contribution in [3.63, 3.8) is 0 Å². The van der Waals surface area contributed by atoms with Crippen LogP contribution in [-0.4, -0.2) is 21.0 Å². The quantitative estimate of drug-likeness (QED) is 0.689. The minimum absolute atomic E-state index is 0.238. The lowest BCUT2D eigenvalue weighted by molar-refractivity contribution is 0.0696. The smallest absolute Gasteiger partial charge is 0.335 e. The van der Waals surface area contributed by atoms with Gasteiger partial charge in [-0.3, -0.25) is 0 Å². The van der Waals surface area contributed by atoms with Gasteiger partial charge < -0.3 is 5.11 Å². The molecular weight excluding hydrogens is 272 g/mol. The highest BCUT2D eigenvalue weighted by molar-refractivity contribution is 7.98. The maximum atomic E-state index is 10.8. The van der Waals surface area contributed by atoms with E-state index in [1.165, 1.54) is 24.0 Å². The van der Waals surface area contributed by atoms with Gasteiger partial charge >= 0.3 is 5.97 Å². The Morgan fingerprint density at radius 1 is 1.33 bits per heavy atom. The molecular formula is C12H9ClN2O2S. The summed E-state index contributed by atoms with van der Waals surface area (Å²) in [4.78, 5) is 18.9. The Balaban J connectivity index is 2.04. The Morgan fingerprint density at radius 3 is 2.83 bits per heavy atom. The number of hydrogen-bond donors (Lipinski definition) is 1. The molecule has 92 valence electrons. The highest BCUT2D eigenvalue weighted by Gasteiger charge is 2.05. The molecule has 0 aliphatic rings. The van der Waals surface area contributed by atoms with E-state index in [0.717, 1.165) is 5.56 Å². The molecule has 2 aromatic rings. The maximum Gasteiger partial charge on any atom is 0.335 e. The molecule has 6 heteroatoms. The number of nitrogens with zero attached hydrogens (tertiary/aromatic N) is 2. The Labute approximate surface area is 113 Å². The van der Waals surface area contributed by atoms with Crippen LogP contribution >= 0.6 is 23.4 Å². The second kappa shape index (κ2) is 5.84. The zero-order valence-electron chi connectivity index (χ0n) is 9.21. The Kier molecular flexibility index (Phi) is 4.17. The van der Waals surface area contributed by atoms with Gasteiger partial charge in [-0.2, -0.15) is 0 Å². The van der Waals surface area contributed by atoms with Crippen LogP contribution in [0, 0.1) is 0 Å². The third kappa shape index (κ3) is 3.45. The predicted molar refractivity (Wildman–Crippen MR) is 70.0 cm³/mol. The van der Waals surface area contributed by atoms with Gasteiger partial charge in [-0.05, 0) is 23.8 Å². The fourth-order valence-corrected chi connectivity index (χ4v) is 2.21. The molecule has 0 aliphatic heterocycles. The predicted octanol–water partition coefficient (Wildman–Crippen LogP) is 3.12. The number of pyridine rings is 2. The number of aromatic nitrogens is 2. The van der Waals surface area contributed by atoms with E-state index in [-0.39, 0.29) is 5.56 Å². The third-order valence-corrected chi connectivity index (χ3v) is 3.38. The van der Waals surface area contributed by atoms with Gasteiger partial charge in [0.2, 0.25) is 0 Å². The van der Waals surface area contributed by atoms with E-state index >= 15 is 0 Å². The van der Waals surface area contributed by atoms with Gasteiger partial charge in [-0.25, -0.2) is 14.8 Å². The van der Waals surface area contributed by atoms with E-state index in [0.29, 0.717) is 15.9 Å². The van der Waals surface area contributed by atoms with Gasteiger partial charge in [0.25, 0.3) is 0 Å². The molecule has 0 spiro atoms. The number of carbonyl (C=O) groups is 1. The van der Waals surface area contributed by atoms with Crippen LogP contribution < -0.4 is 0 Å². The van der Waals surface area contributed by atoms with Crippen LogP contribution in [0.1, 0.15) is 15.9 Å². The van der Waals surface area contributed by atoms with Crippen molar-refractivity contribution in [1.82, 2.24) is 9.97 Å². The molecule has 0 saturated heterocycles. The zero-order valence-corrected chi connectivity index (χ0v) is 10.8. The summed E-state index contributed by atoms with van der Waals surface area (Å²) in [6, 6.07) is 6.62. The van der Waals surface area contributed by atoms with Crippen molar-refractivity contribution in [2.24, 2.45) is 0 Å². The third-order valence-electron chi connectivity index (χ3n) is 2.16. The number of aromatic carboxylic acids is 1. The summed E-state index contributed by atoms with van der Waals surface area (Å²) in [5.41, 5.74) is 1.24. The summed E-state index contributed by atoms with van der Waals surface area (Å²) in [6.45, 7) is 0. The summed E-state index contributed by atoms with van der Waals surface area (Å²) in [5, 5.41) is 9.99. The molecule has 0 aromatic carbocycles. The molecule has 0 bridgehead atoms. The summed E-state index contributed by atoms with van der Waals surface area (Å²) >= 11 is 7.14. The van der Waals surface area contributed by atoms with Crippen molar-refractivity contribution < 1.29 is 9.90 Å². The SMILES string of the molecule is O=C(O)c1ccnc(SCc2ccc(Cl)nc2)c1. The lowest BCUT2D eigenvalue weighted by Gasteiger charge is -2.02. The summed E-state index contributed by atoms with van der Waals surface area (Å²) < 4.78 is 0. The first-order chi connectivity index (χ1) is 8.65. The molecule has 0 amide bonds. The van der Waals surface area contributed by atoms with Gasteiger partial charge in [-0.1, -0.05) is 17.7 Å². The number of rotatable bonds is 4. The highest BCUT2D eigenvalue weighted by Crippen LogP contribution is 2.21. The van der Waals surface area contributed by atoms with Crippen molar-refractivity contribution >= 4 is 29.3 Å². The standard InChI is InChI=1S/C12H9ClN2O2S/c13-10-2-1-8(6-15-10)7-18-11-5-9(12(16)17)3-4-14-11/h1-6H,7H2,(H,16,17). The van der Waals surface area contributed by atoms with E-state index in [1.54, 1.807) is 18.3 Å². The van der Waals surface area contributed by atoms with Gasteiger partial charge in [-0.15, -0.1) is 11.8 Å². The first kappa shape index (κ1) is 12.9. The van der Waals surface area contributed by atoms with Crippen LogP contribution in [0.3, 0.4) is 0 Å². The summed E-state index contributed by atoms with van der Waals surface area (Å²) in [6.07, 6.45) is 3.18. The maximum absolute atomic E-state index is 10.8. The average molecular weight is 281 g/mol. The van der Waals surface area contributed by atoms with Crippen LogP contribution in [0.25, 0.3) is 0 Å². The molecule has 2 aromatic heterocycles. The second-order valence-electron chi connectivity index (χ2n) is 3.47. The number of carboxylic acid groups (broad SMARTS) is 1. The number of hydrogen-bond acceptors (Lipinski definition) is 4. The lowest BCUT2D eigenvalue weighted by Crippen LogP contribution is -1.96. The summed E-state index contributed by atoms with van der Waals surface area (Å²) in [7, 11) is 0. The van der Waals surface area contributed by atoms with Crippen molar-refractivity contribution in [2.75, 3.05) is 0 Å². The lowest BCUT2D eigenvalue weighted by atomic mass is 10.3. The van der Waals surface area contributed by atoms with Crippen molar-refractivity contribution in [1.29, 1.82) is 0 Å². The van der Waals surface area contributed by atoms with E-state index in [2.05, 4.69) is 9.97 Å². The Bertz CT molecular complexity index is 560. The number of thioether (sulfide) groups is 1. The summed E-state index contributed by atoms with van der Waals surface area (Å²) in [5.74, 6) is -0.285. The van der Waals surface area contributed by atoms with Crippen LogP contribution in [0.5, 0.6) is 0 Å². The fourth-order valence-electron chi connectivity index (χ4n) is 1.27. The number of carboxylic acids is 1. The minimum atomic E-state index is -0.951. The topological polar surface area (TPSA) is 63.1 Å². The Morgan fingerprint density at radius 2 is 2.17 bits per heavy atom. The Hall–Kier alpha value is -1.59. The second-order valence-corrected chi connectivity index (χ2v) is 4.85. The molecule has 1 N–H and O–H groups in total. The van der Waals surface area contributed by atoms with Gasteiger partial charge in [0.1, 0.15) is 5.15 Å². The van der Waals surface area contributed by atoms with Gasteiger partial charge in [0.15, 0.2) is 0 Å². The first-order valence-electron chi connectivity index (χ1n) is 5.08. The molecule has 0 atom stereocenters. The van der Waals surface area contributed by atoms with Gasteiger partial charge in [0, 0.05) is 18.1 Å². The highest BCUT2D eigenvalue weighted by atomic mass is 35.5. The molecule has 0 unspecified atom stereocenters. The van der Waals surface area contributed by atoms with Crippen LogP contribution in [-0.2, 0) is 5.75 Å². The molecule has 18 heavy (non-hydrogen) atoms. The zero-order chi connectivity index (χ0) is 13.0. The van der Waals surface area contributed by atoms with E-state index in [9.17, 15) is 4.79 Å². The van der Waals surface area contributed by atoms with Crippen molar-refractivity contribution in [3.8, 4) is 0 Å². The van der Waals surface area contributed by atoms with E-state index in [1.807, 2.05) is 6.07 Å². The fraction of sp³-hybridized carbons (Fsp3) is 0.0833. The van der Waals surface area contributed by atoms with Crippen LogP contribution in [0.2, 0.25) is 5.15 Å². The normalized spacial score (nSPS) is 10.3. The van der Waals surface area contributed by atoms with Crippen molar-refractivity contribution in [2.45, 2.75) is 10.8 Å². The van der Waals surface area contributed by atoms with Crippen LogP contribution in [0.15, 0.2) is 41.7 Å². The van der Waals surface area contributed by atoms with Crippen molar-refractivity contribution in [3.05, 3.63) is 52.9 Å². The van der Waals surface area contributed by atoms with Crippen LogP contribution in [0.4, 0.5) is 0 Å².